The van der Waals surface area contributed by atoms with Crippen molar-refractivity contribution in [2.24, 2.45) is 0 Å². The summed E-state index contributed by atoms with van der Waals surface area (Å²) in [5.74, 6) is 1.95. The molecule has 0 aliphatic rings. The molecule has 0 aromatic heterocycles. The van der Waals surface area contributed by atoms with E-state index in [9.17, 15) is 5.11 Å². The van der Waals surface area contributed by atoms with Crippen LogP contribution in [0.25, 0.3) is 12.2 Å². The number of aromatic hydroxyl groups is 1. The highest BCUT2D eigenvalue weighted by molar-refractivity contribution is 5.72. The molecule has 0 radical (unpaired) electrons. The third-order valence-electron chi connectivity index (χ3n) is 3.08. The van der Waals surface area contributed by atoms with Crippen LogP contribution in [0, 0.1) is 0 Å². The number of ether oxygens (including phenoxy) is 3. The van der Waals surface area contributed by atoms with Crippen molar-refractivity contribution in [2.45, 2.75) is 0 Å². The Labute approximate surface area is 124 Å². The molecule has 4 heteroatoms. The third kappa shape index (κ3) is 3.48. The molecule has 0 aliphatic heterocycles. The summed E-state index contributed by atoms with van der Waals surface area (Å²) in [6, 6.07) is 10.9. The van der Waals surface area contributed by atoms with Crippen LogP contribution in [0.5, 0.6) is 23.0 Å². The highest BCUT2D eigenvalue weighted by Gasteiger charge is 2.03. The van der Waals surface area contributed by atoms with Crippen LogP contribution in [-0.4, -0.2) is 26.4 Å². The van der Waals surface area contributed by atoms with Gasteiger partial charge in [-0.2, -0.15) is 0 Å². The van der Waals surface area contributed by atoms with Gasteiger partial charge in [0.1, 0.15) is 0 Å². The van der Waals surface area contributed by atoms with Gasteiger partial charge in [0, 0.05) is 0 Å². The Morgan fingerprint density at radius 3 is 1.81 bits per heavy atom. The quantitative estimate of drug-likeness (QED) is 0.853. The lowest BCUT2D eigenvalue weighted by Gasteiger charge is -2.07. The fraction of sp³-hybridized carbons (Fsp3) is 0.176. The molecule has 1 N–H and O–H groups in total. The Bertz CT molecular complexity index is 647. The molecular formula is C17H18O4. The predicted molar refractivity (Wildman–Crippen MR) is 83.1 cm³/mol. The smallest absolute Gasteiger partial charge is 0.161 e. The van der Waals surface area contributed by atoms with E-state index in [4.69, 9.17) is 14.2 Å². The summed E-state index contributed by atoms with van der Waals surface area (Å²) in [6.45, 7) is 0. The van der Waals surface area contributed by atoms with Crippen LogP contribution in [0.4, 0.5) is 0 Å². The molecule has 0 bridgehead atoms. The van der Waals surface area contributed by atoms with E-state index in [1.807, 2.05) is 36.4 Å². The summed E-state index contributed by atoms with van der Waals surface area (Å²) < 4.78 is 15.6. The van der Waals surface area contributed by atoms with Crippen molar-refractivity contribution in [3.05, 3.63) is 47.5 Å². The van der Waals surface area contributed by atoms with E-state index in [2.05, 4.69) is 0 Å². The minimum absolute atomic E-state index is 0.126. The summed E-state index contributed by atoms with van der Waals surface area (Å²) in [5.41, 5.74) is 1.92. The maximum Gasteiger partial charge on any atom is 0.161 e. The first-order valence-electron chi connectivity index (χ1n) is 6.45. The Morgan fingerprint density at radius 1 is 0.714 bits per heavy atom. The molecule has 0 heterocycles. The zero-order valence-electron chi connectivity index (χ0n) is 12.3. The molecule has 0 saturated heterocycles. The van der Waals surface area contributed by atoms with Crippen molar-refractivity contribution in [3.8, 4) is 23.0 Å². The number of methoxy groups -OCH3 is 3. The average molecular weight is 286 g/mol. The molecule has 0 saturated carbocycles. The van der Waals surface area contributed by atoms with Gasteiger partial charge in [-0.25, -0.2) is 0 Å². The second kappa shape index (κ2) is 6.70. The second-order valence-corrected chi connectivity index (χ2v) is 4.38. The Morgan fingerprint density at radius 2 is 1.24 bits per heavy atom. The zero-order chi connectivity index (χ0) is 15.2. The highest BCUT2D eigenvalue weighted by atomic mass is 16.5. The number of benzene rings is 2. The normalized spacial score (nSPS) is 10.6. The van der Waals surface area contributed by atoms with Crippen LogP contribution < -0.4 is 14.2 Å². The largest absolute Gasteiger partial charge is 0.504 e. The van der Waals surface area contributed by atoms with Crippen LogP contribution in [0.2, 0.25) is 0 Å². The molecule has 4 nitrogen and oxygen atoms in total. The van der Waals surface area contributed by atoms with Gasteiger partial charge in [-0.1, -0.05) is 24.3 Å². The Balaban J connectivity index is 2.25. The summed E-state index contributed by atoms with van der Waals surface area (Å²) in [5, 5.41) is 9.57. The first-order chi connectivity index (χ1) is 10.2. The molecule has 0 amide bonds. The summed E-state index contributed by atoms with van der Waals surface area (Å²) in [4.78, 5) is 0. The maximum absolute atomic E-state index is 9.57. The van der Waals surface area contributed by atoms with Gasteiger partial charge in [0.15, 0.2) is 23.0 Å². The van der Waals surface area contributed by atoms with E-state index in [0.29, 0.717) is 17.2 Å². The molecule has 0 fully saturated rings. The first-order valence-corrected chi connectivity index (χ1v) is 6.45. The Hall–Kier alpha value is -2.62. The average Bonchev–Trinajstić information content (AvgIpc) is 2.53. The Kier molecular flexibility index (Phi) is 4.72. The van der Waals surface area contributed by atoms with Crippen LogP contribution in [0.3, 0.4) is 0 Å². The molecule has 2 aromatic carbocycles. The second-order valence-electron chi connectivity index (χ2n) is 4.38. The van der Waals surface area contributed by atoms with Crippen LogP contribution in [0.1, 0.15) is 11.1 Å². The van der Waals surface area contributed by atoms with Gasteiger partial charge < -0.3 is 19.3 Å². The number of phenols is 1. The molecule has 0 spiro atoms. The molecule has 0 unspecified atom stereocenters. The van der Waals surface area contributed by atoms with Gasteiger partial charge in [0.25, 0.3) is 0 Å². The van der Waals surface area contributed by atoms with Gasteiger partial charge >= 0.3 is 0 Å². The predicted octanol–water partition coefficient (Wildman–Crippen LogP) is 3.59. The van der Waals surface area contributed by atoms with Gasteiger partial charge in [0.05, 0.1) is 21.3 Å². The minimum atomic E-state index is 0.126. The van der Waals surface area contributed by atoms with Gasteiger partial charge in [-0.15, -0.1) is 0 Å². The fourth-order valence-electron chi connectivity index (χ4n) is 1.95. The van der Waals surface area contributed by atoms with Crippen LogP contribution in [-0.2, 0) is 0 Å². The standard InChI is InChI=1S/C17H18O4/c1-19-15-9-7-13(11-17(15)21-3)5-4-12-6-8-14(18)16(10-12)20-2/h4-11,18H,1-3H3. The van der Waals surface area contributed by atoms with Crippen LogP contribution >= 0.6 is 0 Å². The van der Waals surface area contributed by atoms with Crippen molar-refractivity contribution in [3.63, 3.8) is 0 Å². The van der Waals surface area contributed by atoms with Crippen molar-refractivity contribution < 1.29 is 19.3 Å². The van der Waals surface area contributed by atoms with E-state index in [0.717, 1.165) is 11.1 Å². The van der Waals surface area contributed by atoms with Crippen molar-refractivity contribution in [1.29, 1.82) is 0 Å². The lowest BCUT2D eigenvalue weighted by atomic mass is 10.1. The van der Waals surface area contributed by atoms with Crippen molar-refractivity contribution in [1.82, 2.24) is 0 Å². The molecule has 2 rings (SSSR count). The SMILES string of the molecule is COc1cc(C=Cc2ccc(OC)c(OC)c2)ccc1O. The zero-order valence-corrected chi connectivity index (χ0v) is 12.3. The molecular weight excluding hydrogens is 268 g/mol. The van der Waals surface area contributed by atoms with Crippen molar-refractivity contribution in [2.75, 3.05) is 21.3 Å². The fourth-order valence-corrected chi connectivity index (χ4v) is 1.95. The maximum atomic E-state index is 9.57. The monoisotopic (exact) mass is 286 g/mol. The molecule has 110 valence electrons. The highest BCUT2D eigenvalue weighted by Crippen LogP contribution is 2.29. The summed E-state index contributed by atoms with van der Waals surface area (Å²) >= 11 is 0. The van der Waals surface area contributed by atoms with Gasteiger partial charge in [0.2, 0.25) is 0 Å². The number of hydrogen-bond donors (Lipinski definition) is 1. The molecule has 0 atom stereocenters. The molecule has 21 heavy (non-hydrogen) atoms. The molecule has 0 aliphatic carbocycles. The molecule has 2 aromatic rings. The van der Waals surface area contributed by atoms with Gasteiger partial charge in [-0.3, -0.25) is 0 Å². The minimum Gasteiger partial charge on any atom is -0.504 e. The lowest BCUT2D eigenvalue weighted by molar-refractivity contribution is 0.355. The van der Waals surface area contributed by atoms with E-state index in [1.54, 1.807) is 26.4 Å². The van der Waals surface area contributed by atoms with Crippen molar-refractivity contribution >= 4 is 12.2 Å². The first kappa shape index (κ1) is 14.8. The number of phenolic OH excluding ortho intramolecular Hbond substituents is 1. The lowest BCUT2D eigenvalue weighted by Crippen LogP contribution is -1.90. The third-order valence-corrected chi connectivity index (χ3v) is 3.08. The van der Waals surface area contributed by atoms with Gasteiger partial charge in [-0.05, 0) is 35.4 Å². The number of hydrogen-bond acceptors (Lipinski definition) is 4. The van der Waals surface area contributed by atoms with E-state index < -0.39 is 0 Å². The van der Waals surface area contributed by atoms with E-state index >= 15 is 0 Å². The summed E-state index contributed by atoms with van der Waals surface area (Å²) in [7, 11) is 4.74. The summed E-state index contributed by atoms with van der Waals surface area (Å²) in [6.07, 6.45) is 3.89. The van der Waals surface area contributed by atoms with E-state index in [-0.39, 0.29) is 5.75 Å². The van der Waals surface area contributed by atoms with E-state index in [1.165, 1.54) is 7.11 Å². The topological polar surface area (TPSA) is 47.9 Å². The van der Waals surface area contributed by atoms with Crippen LogP contribution in [0.15, 0.2) is 36.4 Å². The number of rotatable bonds is 5.